The van der Waals surface area contributed by atoms with Crippen molar-refractivity contribution in [2.24, 2.45) is 0 Å². The van der Waals surface area contributed by atoms with Gasteiger partial charge in [-0.2, -0.15) is 0 Å². The molecule has 0 bridgehead atoms. The highest BCUT2D eigenvalue weighted by Crippen LogP contribution is 2.27. The molecule has 1 aliphatic rings. The summed E-state index contributed by atoms with van der Waals surface area (Å²) in [5.74, 6) is -1.27. The first-order valence-corrected chi connectivity index (χ1v) is 8.35. The summed E-state index contributed by atoms with van der Waals surface area (Å²) in [5.41, 5.74) is 2.60. The lowest BCUT2D eigenvalue weighted by Gasteiger charge is -2.31. The molecule has 27 heavy (non-hydrogen) atoms. The normalized spacial score (nSPS) is 14.3. The molecule has 0 saturated carbocycles. The van der Waals surface area contributed by atoms with Gasteiger partial charge in [-0.3, -0.25) is 0 Å². The number of ether oxygens (including phenoxy) is 3. The van der Waals surface area contributed by atoms with Gasteiger partial charge in [-0.15, -0.1) is 5.10 Å². The van der Waals surface area contributed by atoms with Gasteiger partial charge in [0.25, 0.3) is 0 Å². The molecule has 0 unspecified atom stereocenters. The Kier molecular flexibility index (Phi) is 5.51. The molecule has 0 saturated heterocycles. The van der Waals surface area contributed by atoms with Gasteiger partial charge in [0.05, 0.1) is 44.0 Å². The summed E-state index contributed by atoms with van der Waals surface area (Å²) in [6.45, 7) is 2.09. The monoisotopic (exact) mass is 372 g/mol. The molecular weight excluding hydrogens is 352 g/mol. The van der Waals surface area contributed by atoms with Crippen molar-refractivity contribution in [2.75, 3.05) is 32.5 Å². The molecule has 1 aliphatic heterocycles. The maximum atomic E-state index is 12.3. The second kappa shape index (κ2) is 8.00. The Morgan fingerprint density at radius 3 is 2.37 bits per heavy atom. The van der Waals surface area contributed by atoms with Gasteiger partial charge in [0.2, 0.25) is 0 Å². The fraction of sp³-hybridized carbons (Fsp3) is 0.333. The SMILES string of the molecule is CCc1cn(-c2ccc(N3COCC(C(=O)OC)=C3C(=O)OC)cc2)nn1. The van der Waals surface area contributed by atoms with Crippen molar-refractivity contribution in [3.63, 3.8) is 0 Å². The van der Waals surface area contributed by atoms with Crippen LogP contribution >= 0.6 is 0 Å². The van der Waals surface area contributed by atoms with Gasteiger partial charge in [-0.05, 0) is 30.7 Å². The minimum absolute atomic E-state index is 0.0234. The number of hydrogen-bond donors (Lipinski definition) is 0. The Labute approximate surface area is 156 Å². The van der Waals surface area contributed by atoms with Crippen LogP contribution in [0.3, 0.4) is 0 Å². The van der Waals surface area contributed by atoms with Crippen molar-refractivity contribution in [1.29, 1.82) is 0 Å². The van der Waals surface area contributed by atoms with Crippen LogP contribution in [0.5, 0.6) is 0 Å². The number of hydrogen-bond acceptors (Lipinski definition) is 8. The molecule has 0 aliphatic carbocycles. The molecule has 0 fully saturated rings. The Balaban J connectivity index is 1.95. The lowest BCUT2D eigenvalue weighted by Crippen LogP contribution is -2.38. The van der Waals surface area contributed by atoms with Crippen LogP contribution in [0.25, 0.3) is 5.69 Å². The topological polar surface area (TPSA) is 95.8 Å². The lowest BCUT2D eigenvalue weighted by molar-refractivity contribution is -0.140. The molecule has 3 rings (SSSR count). The zero-order chi connectivity index (χ0) is 19.4. The second-order valence-electron chi connectivity index (χ2n) is 5.74. The summed E-state index contributed by atoms with van der Waals surface area (Å²) in [5, 5.41) is 8.16. The first-order valence-electron chi connectivity index (χ1n) is 8.35. The molecule has 2 heterocycles. The molecule has 1 aromatic heterocycles. The van der Waals surface area contributed by atoms with E-state index in [0.717, 1.165) is 17.8 Å². The molecule has 9 nitrogen and oxygen atoms in total. The van der Waals surface area contributed by atoms with E-state index in [0.29, 0.717) is 5.69 Å². The van der Waals surface area contributed by atoms with Crippen molar-refractivity contribution >= 4 is 17.6 Å². The highest BCUT2D eigenvalue weighted by molar-refractivity contribution is 6.03. The average molecular weight is 372 g/mol. The van der Waals surface area contributed by atoms with Crippen LogP contribution in [0, 0.1) is 0 Å². The quantitative estimate of drug-likeness (QED) is 0.723. The van der Waals surface area contributed by atoms with Gasteiger partial charge in [0.1, 0.15) is 12.4 Å². The predicted octanol–water partition coefficient (Wildman–Crippen LogP) is 1.22. The molecule has 2 aromatic rings. The van der Waals surface area contributed by atoms with E-state index in [1.54, 1.807) is 21.7 Å². The fourth-order valence-electron chi connectivity index (χ4n) is 2.72. The van der Waals surface area contributed by atoms with Crippen LogP contribution < -0.4 is 4.90 Å². The third kappa shape index (κ3) is 3.68. The molecule has 0 N–H and O–H groups in total. The number of benzene rings is 1. The Morgan fingerprint density at radius 1 is 1.11 bits per heavy atom. The van der Waals surface area contributed by atoms with Crippen LogP contribution in [0.15, 0.2) is 41.7 Å². The van der Waals surface area contributed by atoms with Crippen molar-refractivity contribution in [3.8, 4) is 5.69 Å². The number of carbonyl (C=O) groups is 2. The van der Waals surface area contributed by atoms with Gasteiger partial charge in [-0.25, -0.2) is 14.3 Å². The lowest BCUT2D eigenvalue weighted by atomic mass is 10.1. The van der Waals surface area contributed by atoms with Crippen LogP contribution in [0.4, 0.5) is 5.69 Å². The summed E-state index contributed by atoms with van der Waals surface area (Å²) < 4.78 is 16.7. The Bertz CT molecular complexity index is 872. The fourth-order valence-corrected chi connectivity index (χ4v) is 2.72. The van der Waals surface area contributed by atoms with Crippen molar-refractivity contribution in [1.82, 2.24) is 15.0 Å². The van der Waals surface area contributed by atoms with Crippen LogP contribution in [-0.4, -0.2) is 54.5 Å². The van der Waals surface area contributed by atoms with Gasteiger partial charge in [-0.1, -0.05) is 12.1 Å². The van der Waals surface area contributed by atoms with E-state index in [1.807, 2.05) is 25.3 Å². The minimum Gasteiger partial charge on any atom is -0.466 e. The minimum atomic E-state index is -0.633. The van der Waals surface area contributed by atoms with Crippen LogP contribution in [0.2, 0.25) is 0 Å². The summed E-state index contributed by atoms with van der Waals surface area (Å²) in [7, 11) is 2.51. The van der Waals surface area contributed by atoms with E-state index < -0.39 is 11.9 Å². The molecule has 0 spiro atoms. The van der Waals surface area contributed by atoms with Gasteiger partial charge < -0.3 is 19.1 Å². The number of carbonyl (C=O) groups excluding carboxylic acids is 2. The number of aryl methyl sites for hydroxylation is 1. The van der Waals surface area contributed by atoms with Crippen molar-refractivity contribution in [3.05, 3.63) is 47.4 Å². The van der Waals surface area contributed by atoms with Gasteiger partial charge in [0.15, 0.2) is 0 Å². The summed E-state index contributed by atoms with van der Waals surface area (Å²) in [6, 6.07) is 7.28. The number of rotatable bonds is 5. The Hall–Kier alpha value is -3.20. The maximum absolute atomic E-state index is 12.3. The molecule has 0 radical (unpaired) electrons. The van der Waals surface area contributed by atoms with Gasteiger partial charge in [0, 0.05) is 5.69 Å². The molecule has 0 amide bonds. The standard InChI is InChI=1S/C18H20N4O5/c1-4-12-9-22(20-19-12)14-7-5-13(6-8-14)21-11-27-10-15(17(23)25-2)16(21)18(24)26-3/h5-9H,4,10-11H2,1-3H3. The van der Waals surface area contributed by atoms with E-state index in [4.69, 9.17) is 14.2 Å². The molecule has 9 heteroatoms. The van der Waals surface area contributed by atoms with E-state index >= 15 is 0 Å². The Morgan fingerprint density at radius 2 is 1.78 bits per heavy atom. The van der Waals surface area contributed by atoms with Crippen LogP contribution in [0.1, 0.15) is 12.6 Å². The zero-order valence-electron chi connectivity index (χ0n) is 15.3. The second-order valence-corrected chi connectivity index (χ2v) is 5.74. The third-order valence-electron chi connectivity index (χ3n) is 4.16. The van der Waals surface area contributed by atoms with Gasteiger partial charge >= 0.3 is 11.9 Å². The molecule has 1 aromatic carbocycles. The third-order valence-corrected chi connectivity index (χ3v) is 4.16. The highest BCUT2D eigenvalue weighted by atomic mass is 16.5. The number of methoxy groups -OCH3 is 2. The average Bonchev–Trinajstić information content (AvgIpc) is 3.21. The van der Waals surface area contributed by atoms with Crippen molar-refractivity contribution in [2.45, 2.75) is 13.3 Å². The van der Waals surface area contributed by atoms with E-state index in [-0.39, 0.29) is 24.6 Å². The zero-order valence-corrected chi connectivity index (χ0v) is 15.3. The molecular formula is C18H20N4O5. The summed E-state index contributed by atoms with van der Waals surface area (Å²) >= 11 is 0. The highest BCUT2D eigenvalue weighted by Gasteiger charge is 2.32. The summed E-state index contributed by atoms with van der Waals surface area (Å²) in [6.07, 6.45) is 2.65. The first kappa shape index (κ1) is 18.6. The molecule has 142 valence electrons. The number of aromatic nitrogens is 3. The van der Waals surface area contributed by atoms with Crippen LogP contribution in [-0.2, 0) is 30.2 Å². The van der Waals surface area contributed by atoms with E-state index in [9.17, 15) is 9.59 Å². The van der Waals surface area contributed by atoms with Crippen molar-refractivity contribution < 1.29 is 23.8 Å². The first-order chi connectivity index (χ1) is 13.1. The number of nitrogens with zero attached hydrogens (tertiary/aromatic N) is 4. The largest absolute Gasteiger partial charge is 0.466 e. The smallest absolute Gasteiger partial charge is 0.355 e. The molecule has 0 atom stereocenters. The maximum Gasteiger partial charge on any atom is 0.355 e. The number of anilines is 1. The number of esters is 2. The van der Waals surface area contributed by atoms with E-state index in [2.05, 4.69) is 10.3 Å². The predicted molar refractivity (Wildman–Crippen MR) is 95.1 cm³/mol. The summed E-state index contributed by atoms with van der Waals surface area (Å²) in [4.78, 5) is 25.9. The van der Waals surface area contributed by atoms with E-state index in [1.165, 1.54) is 14.2 Å².